The van der Waals surface area contributed by atoms with Gasteiger partial charge in [0.15, 0.2) is 0 Å². The molecule has 0 aliphatic carbocycles. The highest BCUT2D eigenvalue weighted by Gasteiger charge is 2.19. The van der Waals surface area contributed by atoms with Crippen LogP contribution < -0.4 is 15.4 Å². The SMILES string of the molecule is COc1cc(Br)ccc1C(=O)NC1CCNC1. The Morgan fingerprint density at radius 1 is 1.59 bits per heavy atom. The number of ether oxygens (including phenoxy) is 1. The van der Waals surface area contributed by atoms with Crippen LogP contribution in [0.4, 0.5) is 0 Å². The van der Waals surface area contributed by atoms with Crippen LogP contribution in [0.1, 0.15) is 16.8 Å². The molecule has 0 spiro atoms. The lowest BCUT2D eigenvalue weighted by Crippen LogP contribution is -2.36. The van der Waals surface area contributed by atoms with E-state index in [1.54, 1.807) is 19.2 Å². The average molecular weight is 299 g/mol. The van der Waals surface area contributed by atoms with Crippen molar-refractivity contribution in [2.24, 2.45) is 0 Å². The number of methoxy groups -OCH3 is 1. The van der Waals surface area contributed by atoms with Gasteiger partial charge in [-0.15, -0.1) is 0 Å². The highest BCUT2D eigenvalue weighted by molar-refractivity contribution is 9.10. The Labute approximate surface area is 109 Å². The molecular formula is C12H15BrN2O2. The van der Waals surface area contributed by atoms with E-state index in [1.807, 2.05) is 6.07 Å². The Morgan fingerprint density at radius 2 is 2.41 bits per heavy atom. The predicted molar refractivity (Wildman–Crippen MR) is 69.4 cm³/mol. The van der Waals surface area contributed by atoms with Gasteiger partial charge in [0.1, 0.15) is 5.75 Å². The molecule has 0 bridgehead atoms. The zero-order valence-electron chi connectivity index (χ0n) is 9.63. The summed E-state index contributed by atoms with van der Waals surface area (Å²) in [5, 5.41) is 6.21. The fourth-order valence-electron chi connectivity index (χ4n) is 1.89. The summed E-state index contributed by atoms with van der Waals surface area (Å²) in [6.07, 6.45) is 0.977. The van der Waals surface area contributed by atoms with Crippen LogP contribution in [0.25, 0.3) is 0 Å². The van der Waals surface area contributed by atoms with Crippen molar-refractivity contribution in [2.45, 2.75) is 12.5 Å². The highest BCUT2D eigenvalue weighted by atomic mass is 79.9. The third kappa shape index (κ3) is 2.98. The third-order valence-corrected chi connectivity index (χ3v) is 3.30. The van der Waals surface area contributed by atoms with Crippen molar-refractivity contribution < 1.29 is 9.53 Å². The summed E-state index contributed by atoms with van der Waals surface area (Å²) in [6.45, 7) is 1.80. The Morgan fingerprint density at radius 3 is 3.06 bits per heavy atom. The Hall–Kier alpha value is -1.07. The van der Waals surface area contributed by atoms with Crippen LogP contribution in [-0.2, 0) is 0 Å². The summed E-state index contributed by atoms with van der Waals surface area (Å²) in [5.74, 6) is 0.505. The number of rotatable bonds is 3. The van der Waals surface area contributed by atoms with Crippen molar-refractivity contribution in [1.82, 2.24) is 10.6 Å². The molecule has 1 saturated heterocycles. The number of halogens is 1. The molecule has 1 fully saturated rings. The normalized spacial score (nSPS) is 19.1. The van der Waals surface area contributed by atoms with Crippen LogP contribution in [0.15, 0.2) is 22.7 Å². The van der Waals surface area contributed by atoms with Gasteiger partial charge in [-0.2, -0.15) is 0 Å². The van der Waals surface area contributed by atoms with Gasteiger partial charge in [0.25, 0.3) is 5.91 Å². The number of carbonyl (C=O) groups is 1. The van der Waals surface area contributed by atoms with Crippen LogP contribution in [0.2, 0.25) is 0 Å². The largest absolute Gasteiger partial charge is 0.496 e. The van der Waals surface area contributed by atoms with Crippen molar-refractivity contribution in [1.29, 1.82) is 0 Å². The van der Waals surface area contributed by atoms with E-state index in [0.717, 1.165) is 24.0 Å². The second-order valence-electron chi connectivity index (χ2n) is 4.01. The maximum atomic E-state index is 12.1. The first kappa shape index (κ1) is 12.4. The lowest BCUT2D eigenvalue weighted by Gasteiger charge is -2.13. The van der Waals surface area contributed by atoms with Gasteiger partial charge in [0.05, 0.1) is 12.7 Å². The van der Waals surface area contributed by atoms with Crippen LogP contribution >= 0.6 is 15.9 Å². The van der Waals surface area contributed by atoms with Gasteiger partial charge in [-0.1, -0.05) is 15.9 Å². The van der Waals surface area contributed by atoms with Crippen molar-refractivity contribution in [3.63, 3.8) is 0 Å². The maximum Gasteiger partial charge on any atom is 0.255 e. The van der Waals surface area contributed by atoms with Gasteiger partial charge >= 0.3 is 0 Å². The molecule has 4 nitrogen and oxygen atoms in total. The number of carbonyl (C=O) groups excluding carboxylic acids is 1. The molecule has 1 heterocycles. The molecule has 0 saturated carbocycles. The molecule has 2 rings (SSSR count). The van der Waals surface area contributed by atoms with Crippen LogP contribution in [0.3, 0.4) is 0 Å². The fraction of sp³-hybridized carbons (Fsp3) is 0.417. The van der Waals surface area contributed by atoms with E-state index in [9.17, 15) is 4.79 Å². The molecule has 1 aliphatic rings. The van der Waals surface area contributed by atoms with Gasteiger partial charge in [0.2, 0.25) is 0 Å². The molecule has 2 N–H and O–H groups in total. The zero-order valence-corrected chi connectivity index (χ0v) is 11.2. The molecular weight excluding hydrogens is 284 g/mol. The molecule has 0 radical (unpaired) electrons. The molecule has 1 aliphatic heterocycles. The van der Waals surface area contributed by atoms with Gasteiger partial charge < -0.3 is 15.4 Å². The molecule has 0 aromatic heterocycles. The summed E-state index contributed by atoms with van der Waals surface area (Å²) in [5.41, 5.74) is 0.572. The average Bonchev–Trinajstić information content (AvgIpc) is 2.81. The molecule has 1 unspecified atom stereocenters. The minimum atomic E-state index is -0.0805. The van der Waals surface area contributed by atoms with E-state index >= 15 is 0 Å². The van der Waals surface area contributed by atoms with Crippen molar-refractivity contribution in [3.05, 3.63) is 28.2 Å². The predicted octanol–water partition coefficient (Wildman–Crippen LogP) is 1.55. The summed E-state index contributed by atoms with van der Waals surface area (Å²) in [7, 11) is 1.57. The number of benzene rings is 1. The number of nitrogens with one attached hydrogen (secondary N) is 2. The second-order valence-corrected chi connectivity index (χ2v) is 4.92. The standard InChI is InChI=1S/C12H15BrN2O2/c1-17-11-6-8(13)2-3-10(11)12(16)15-9-4-5-14-7-9/h2-3,6,9,14H,4-5,7H2,1H3,(H,15,16). The van der Waals surface area contributed by atoms with Gasteiger partial charge in [-0.3, -0.25) is 4.79 Å². The smallest absolute Gasteiger partial charge is 0.255 e. The lowest BCUT2D eigenvalue weighted by atomic mass is 10.1. The Balaban J connectivity index is 2.12. The molecule has 92 valence electrons. The van der Waals surface area contributed by atoms with Crippen LogP contribution in [-0.4, -0.2) is 32.1 Å². The number of hydrogen-bond donors (Lipinski definition) is 2. The van der Waals surface area contributed by atoms with E-state index in [-0.39, 0.29) is 11.9 Å². The van der Waals surface area contributed by atoms with Crippen molar-refractivity contribution in [2.75, 3.05) is 20.2 Å². The topological polar surface area (TPSA) is 50.4 Å². The highest BCUT2D eigenvalue weighted by Crippen LogP contribution is 2.23. The number of amides is 1. The van der Waals surface area contributed by atoms with Gasteiger partial charge in [-0.25, -0.2) is 0 Å². The van der Waals surface area contributed by atoms with Crippen molar-refractivity contribution >= 4 is 21.8 Å². The Kier molecular flexibility index (Phi) is 4.02. The van der Waals surface area contributed by atoms with E-state index < -0.39 is 0 Å². The fourth-order valence-corrected chi connectivity index (χ4v) is 2.23. The van der Waals surface area contributed by atoms with Crippen LogP contribution in [0.5, 0.6) is 5.75 Å². The van der Waals surface area contributed by atoms with Crippen LogP contribution in [0, 0.1) is 0 Å². The Bertz CT molecular complexity index is 417. The summed E-state index contributed by atoms with van der Waals surface area (Å²) in [4.78, 5) is 12.1. The summed E-state index contributed by atoms with van der Waals surface area (Å²) >= 11 is 3.35. The lowest BCUT2D eigenvalue weighted by molar-refractivity contribution is 0.0937. The monoisotopic (exact) mass is 298 g/mol. The third-order valence-electron chi connectivity index (χ3n) is 2.80. The van der Waals surface area contributed by atoms with E-state index in [4.69, 9.17) is 4.74 Å². The van der Waals surface area contributed by atoms with E-state index in [2.05, 4.69) is 26.6 Å². The first-order chi connectivity index (χ1) is 8.20. The molecule has 17 heavy (non-hydrogen) atoms. The first-order valence-electron chi connectivity index (χ1n) is 5.56. The van der Waals surface area contributed by atoms with Gasteiger partial charge in [0, 0.05) is 17.1 Å². The molecule has 1 aromatic rings. The molecule has 1 atom stereocenters. The van der Waals surface area contributed by atoms with Gasteiger partial charge in [-0.05, 0) is 31.2 Å². The quantitative estimate of drug-likeness (QED) is 0.890. The first-order valence-corrected chi connectivity index (χ1v) is 6.35. The molecule has 1 amide bonds. The molecule has 1 aromatic carbocycles. The molecule has 5 heteroatoms. The number of hydrogen-bond acceptors (Lipinski definition) is 3. The zero-order chi connectivity index (χ0) is 12.3. The summed E-state index contributed by atoms with van der Waals surface area (Å²) < 4.78 is 6.10. The minimum absolute atomic E-state index is 0.0805. The summed E-state index contributed by atoms with van der Waals surface area (Å²) in [6, 6.07) is 5.61. The van der Waals surface area contributed by atoms with E-state index in [1.165, 1.54) is 0 Å². The second kappa shape index (κ2) is 5.51. The van der Waals surface area contributed by atoms with E-state index in [0.29, 0.717) is 11.3 Å². The maximum absolute atomic E-state index is 12.1. The minimum Gasteiger partial charge on any atom is -0.496 e. The van der Waals surface area contributed by atoms with Crippen molar-refractivity contribution in [3.8, 4) is 5.75 Å².